The van der Waals surface area contributed by atoms with E-state index in [1.165, 1.54) is 10.8 Å². The van der Waals surface area contributed by atoms with Gasteiger partial charge >= 0.3 is 0 Å². The standard InChI is InChI=1S/C13H16/c1-5-7-13-11(4)8-6-9-12(13)10(2)3/h5-10H,1,4H2,2-3H3/b13-7+. The number of hydrogen-bond acceptors (Lipinski definition) is 0. The molecule has 0 aliphatic rings. The summed E-state index contributed by atoms with van der Waals surface area (Å²) in [5.41, 5.74) is 1.34. The Balaban J connectivity index is 3.53. The van der Waals surface area contributed by atoms with E-state index in [0.717, 1.165) is 5.22 Å². The van der Waals surface area contributed by atoms with Crippen molar-refractivity contribution in [3.63, 3.8) is 0 Å². The Morgan fingerprint density at radius 2 is 2.00 bits per heavy atom. The van der Waals surface area contributed by atoms with Crippen molar-refractivity contribution in [2.45, 2.75) is 19.8 Å². The van der Waals surface area contributed by atoms with Gasteiger partial charge in [0.1, 0.15) is 0 Å². The molecule has 0 atom stereocenters. The lowest BCUT2D eigenvalue weighted by molar-refractivity contribution is 0.857. The van der Waals surface area contributed by atoms with Gasteiger partial charge in [0.05, 0.1) is 0 Å². The van der Waals surface area contributed by atoms with Gasteiger partial charge in [0, 0.05) is 0 Å². The van der Waals surface area contributed by atoms with Gasteiger partial charge in [-0.15, -0.1) is 0 Å². The molecule has 1 aromatic rings. The van der Waals surface area contributed by atoms with Gasteiger partial charge in [0.15, 0.2) is 0 Å². The summed E-state index contributed by atoms with van der Waals surface area (Å²) in [5.74, 6) is 0.535. The van der Waals surface area contributed by atoms with Crippen LogP contribution in [0.25, 0.3) is 12.7 Å². The van der Waals surface area contributed by atoms with Crippen LogP contribution in [0.5, 0.6) is 0 Å². The van der Waals surface area contributed by atoms with Crippen LogP contribution in [-0.2, 0) is 0 Å². The van der Waals surface area contributed by atoms with Gasteiger partial charge < -0.3 is 0 Å². The van der Waals surface area contributed by atoms with E-state index < -0.39 is 0 Å². The van der Waals surface area contributed by atoms with Crippen LogP contribution >= 0.6 is 0 Å². The van der Waals surface area contributed by atoms with Crippen molar-refractivity contribution in [1.82, 2.24) is 0 Å². The number of benzene rings is 1. The smallest absolute Gasteiger partial charge is 0.0155 e. The second-order valence-electron chi connectivity index (χ2n) is 3.48. The van der Waals surface area contributed by atoms with Crippen LogP contribution in [-0.4, -0.2) is 0 Å². The highest BCUT2D eigenvalue weighted by Crippen LogP contribution is 2.06. The number of rotatable bonds is 2. The largest absolute Gasteiger partial charge is 0.0990 e. The van der Waals surface area contributed by atoms with Crippen molar-refractivity contribution in [2.24, 2.45) is 0 Å². The molecule has 0 fully saturated rings. The number of allylic oxidation sites excluding steroid dienone is 1. The maximum atomic E-state index is 4.00. The molecule has 0 nitrogen and oxygen atoms in total. The Morgan fingerprint density at radius 3 is 2.54 bits per heavy atom. The van der Waals surface area contributed by atoms with Crippen molar-refractivity contribution in [3.8, 4) is 0 Å². The Bertz CT molecular complexity index is 397. The molecule has 0 heteroatoms. The second-order valence-corrected chi connectivity index (χ2v) is 3.48. The summed E-state index contributed by atoms with van der Waals surface area (Å²) in [6.45, 7) is 12.1. The lowest BCUT2D eigenvalue weighted by atomic mass is 9.99. The topological polar surface area (TPSA) is 0 Å². The summed E-state index contributed by atoms with van der Waals surface area (Å²) in [7, 11) is 0. The first-order valence-corrected chi connectivity index (χ1v) is 4.57. The highest BCUT2D eigenvalue weighted by Gasteiger charge is 1.99. The third kappa shape index (κ3) is 2.09. The van der Waals surface area contributed by atoms with E-state index in [4.69, 9.17) is 0 Å². The summed E-state index contributed by atoms with van der Waals surface area (Å²) < 4.78 is 0. The predicted octanol–water partition coefficient (Wildman–Crippen LogP) is 2.19. The van der Waals surface area contributed by atoms with E-state index in [2.05, 4.69) is 39.1 Å². The zero-order valence-corrected chi connectivity index (χ0v) is 8.38. The van der Waals surface area contributed by atoms with E-state index in [9.17, 15) is 0 Å². The van der Waals surface area contributed by atoms with Crippen LogP contribution < -0.4 is 10.4 Å². The fraction of sp³-hybridized carbons (Fsp3) is 0.231. The normalized spacial score (nSPS) is 12.1. The average molecular weight is 172 g/mol. The van der Waals surface area contributed by atoms with Gasteiger partial charge in [-0.05, 0) is 21.9 Å². The van der Waals surface area contributed by atoms with Crippen LogP contribution in [0.4, 0.5) is 0 Å². The molecular weight excluding hydrogens is 156 g/mol. The molecule has 13 heavy (non-hydrogen) atoms. The molecular formula is C13H16. The summed E-state index contributed by atoms with van der Waals surface area (Å²) in [6.07, 6.45) is 3.84. The van der Waals surface area contributed by atoms with Gasteiger partial charge in [-0.3, -0.25) is 0 Å². The number of hydrogen-bond donors (Lipinski definition) is 0. The van der Waals surface area contributed by atoms with E-state index >= 15 is 0 Å². The molecule has 0 aliphatic carbocycles. The van der Waals surface area contributed by atoms with Gasteiger partial charge in [-0.25, -0.2) is 0 Å². The minimum absolute atomic E-state index is 0.535. The van der Waals surface area contributed by atoms with Crippen molar-refractivity contribution < 1.29 is 0 Å². The fourth-order valence-corrected chi connectivity index (χ4v) is 1.46. The minimum Gasteiger partial charge on any atom is -0.0990 e. The summed E-state index contributed by atoms with van der Waals surface area (Å²) >= 11 is 0. The average Bonchev–Trinajstić information content (AvgIpc) is 2.08. The fourth-order valence-electron chi connectivity index (χ4n) is 1.46. The Labute approximate surface area is 79.9 Å². The van der Waals surface area contributed by atoms with Crippen molar-refractivity contribution in [3.05, 3.63) is 46.9 Å². The maximum Gasteiger partial charge on any atom is -0.0155 e. The van der Waals surface area contributed by atoms with Crippen LogP contribution in [0.3, 0.4) is 0 Å². The van der Waals surface area contributed by atoms with Crippen LogP contribution in [0.15, 0.2) is 30.9 Å². The van der Waals surface area contributed by atoms with E-state index in [1.54, 1.807) is 0 Å². The predicted molar refractivity (Wildman–Crippen MR) is 60.0 cm³/mol. The summed E-state index contributed by atoms with van der Waals surface area (Å²) in [5, 5.41) is 2.29. The molecule has 0 amide bonds. The zero-order valence-electron chi connectivity index (χ0n) is 8.38. The SMILES string of the molecule is C=C/C=c1/c(C(C)C)cccc1=C. The first kappa shape index (κ1) is 9.79. The van der Waals surface area contributed by atoms with Gasteiger partial charge in [-0.1, -0.05) is 57.4 Å². The third-order valence-corrected chi connectivity index (χ3v) is 2.14. The van der Waals surface area contributed by atoms with Crippen LogP contribution in [0, 0.1) is 0 Å². The van der Waals surface area contributed by atoms with Crippen molar-refractivity contribution >= 4 is 12.7 Å². The monoisotopic (exact) mass is 172 g/mol. The molecule has 0 bridgehead atoms. The van der Waals surface area contributed by atoms with Crippen molar-refractivity contribution in [2.75, 3.05) is 0 Å². The third-order valence-electron chi connectivity index (χ3n) is 2.14. The maximum absolute atomic E-state index is 4.00. The molecule has 0 saturated heterocycles. The Morgan fingerprint density at radius 1 is 1.31 bits per heavy atom. The lowest BCUT2D eigenvalue weighted by Crippen LogP contribution is -2.27. The molecule has 0 spiro atoms. The second kappa shape index (κ2) is 4.08. The first-order chi connectivity index (χ1) is 6.16. The highest BCUT2D eigenvalue weighted by atomic mass is 14.0. The van der Waals surface area contributed by atoms with Crippen molar-refractivity contribution in [1.29, 1.82) is 0 Å². The van der Waals surface area contributed by atoms with E-state index in [0.29, 0.717) is 5.92 Å². The van der Waals surface area contributed by atoms with Crippen LogP contribution in [0.1, 0.15) is 25.3 Å². The molecule has 0 aliphatic heterocycles. The molecule has 0 saturated carbocycles. The molecule has 0 unspecified atom stereocenters. The molecule has 0 radical (unpaired) electrons. The molecule has 1 aromatic carbocycles. The molecule has 68 valence electrons. The van der Waals surface area contributed by atoms with Gasteiger partial charge in [-0.2, -0.15) is 0 Å². The lowest BCUT2D eigenvalue weighted by Gasteiger charge is -2.05. The summed E-state index contributed by atoms with van der Waals surface area (Å²) in [4.78, 5) is 0. The molecule has 0 N–H and O–H groups in total. The van der Waals surface area contributed by atoms with E-state index in [1.807, 2.05) is 18.2 Å². The Kier molecular flexibility index (Phi) is 3.07. The minimum atomic E-state index is 0.535. The zero-order chi connectivity index (χ0) is 9.84. The molecule has 1 rings (SSSR count). The first-order valence-electron chi connectivity index (χ1n) is 4.57. The highest BCUT2D eigenvalue weighted by molar-refractivity contribution is 5.40. The quantitative estimate of drug-likeness (QED) is 0.641. The molecule has 0 heterocycles. The van der Waals surface area contributed by atoms with Gasteiger partial charge in [0.25, 0.3) is 0 Å². The van der Waals surface area contributed by atoms with E-state index in [-0.39, 0.29) is 0 Å². The summed E-state index contributed by atoms with van der Waals surface area (Å²) in [6, 6.07) is 6.23. The molecule has 0 aromatic heterocycles. The van der Waals surface area contributed by atoms with Gasteiger partial charge in [0.2, 0.25) is 0 Å². The van der Waals surface area contributed by atoms with Crippen LogP contribution in [0.2, 0.25) is 0 Å². The Hall–Kier alpha value is -1.30.